The van der Waals surface area contributed by atoms with Crippen LogP contribution in [0.25, 0.3) is 5.69 Å². The maximum atomic E-state index is 13.2. The van der Waals surface area contributed by atoms with Crippen molar-refractivity contribution in [3.05, 3.63) is 83.2 Å². The monoisotopic (exact) mass is 385 g/mol. The summed E-state index contributed by atoms with van der Waals surface area (Å²) in [5.41, 5.74) is 5.25. The molecular formula is C25H27N3O. The standard InChI is InChI=1S/C25H27N3O/c1-24(2)19-14-15-25(24,3)22-20(19)21(27-28(22)18-12-8-5-9-13-18)23(29)26-16-17-10-6-4-7-11-17/h4-13,19H,14-16H2,1-3H3,(H,26,29)/t19-,25-/m1/s1. The van der Waals surface area contributed by atoms with E-state index in [0.29, 0.717) is 18.2 Å². The molecule has 2 aromatic carbocycles. The van der Waals surface area contributed by atoms with Crippen molar-refractivity contribution >= 4 is 5.91 Å². The third-order valence-electron chi connectivity index (χ3n) is 7.53. The van der Waals surface area contributed by atoms with Gasteiger partial charge < -0.3 is 5.32 Å². The van der Waals surface area contributed by atoms with E-state index in [2.05, 4.69) is 38.2 Å². The van der Waals surface area contributed by atoms with Gasteiger partial charge in [0.2, 0.25) is 0 Å². The Kier molecular flexibility index (Phi) is 3.95. The molecule has 1 aromatic heterocycles. The summed E-state index contributed by atoms with van der Waals surface area (Å²) in [6.45, 7) is 7.57. The van der Waals surface area contributed by atoms with Crippen molar-refractivity contribution in [3.63, 3.8) is 0 Å². The molecule has 1 fully saturated rings. The summed E-state index contributed by atoms with van der Waals surface area (Å²) in [6.07, 6.45) is 2.26. The SMILES string of the molecule is CC1(C)[C@@H]2CC[C@]1(C)c1c2c(C(=O)NCc2ccccc2)nn1-c1ccccc1. The summed E-state index contributed by atoms with van der Waals surface area (Å²) in [4.78, 5) is 13.2. The van der Waals surface area contributed by atoms with Crippen LogP contribution in [0.2, 0.25) is 0 Å². The van der Waals surface area contributed by atoms with Gasteiger partial charge in [-0.1, -0.05) is 69.3 Å². The Morgan fingerprint density at radius 1 is 1.07 bits per heavy atom. The van der Waals surface area contributed by atoms with Gasteiger partial charge in [-0.15, -0.1) is 0 Å². The lowest BCUT2D eigenvalue weighted by Gasteiger charge is -2.35. The molecule has 1 amide bonds. The normalized spacial score (nSPS) is 23.8. The highest BCUT2D eigenvalue weighted by atomic mass is 16.2. The van der Waals surface area contributed by atoms with Crippen LogP contribution in [-0.2, 0) is 12.0 Å². The lowest BCUT2D eigenvalue weighted by Crippen LogP contribution is -2.33. The molecule has 5 rings (SSSR count). The first-order valence-electron chi connectivity index (χ1n) is 10.4. The van der Waals surface area contributed by atoms with Gasteiger partial charge in [-0.2, -0.15) is 5.10 Å². The van der Waals surface area contributed by atoms with Crippen molar-refractivity contribution in [2.45, 2.75) is 51.5 Å². The van der Waals surface area contributed by atoms with E-state index < -0.39 is 0 Å². The molecule has 0 aliphatic heterocycles. The Morgan fingerprint density at radius 2 is 1.72 bits per heavy atom. The molecular weight excluding hydrogens is 358 g/mol. The second kappa shape index (κ2) is 6.31. The van der Waals surface area contributed by atoms with Crippen molar-refractivity contribution in [1.29, 1.82) is 0 Å². The van der Waals surface area contributed by atoms with Crippen molar-refractivity contribution in [3.8, 4) is 5.69 Å². The minimum atomic E-state index is -0.0771. The molecule has 0 radical (unpaired) electrons. The van der Waals surface area contributed by atoms with Gasteiger partial charge in [0.25, 0.3) is 5.91 Å². The number of hydrogen-bond acceptors (Lipinski definition) is 2. The number of amides is 1. The van der Waals surface area contributed by atoms with Gasteiger partial charge in [0, 0.05) is 17.5 Å². The van der Waals surface area contributed by atoms with E-state index in [1.165, 1.54) is 5.69 Å². The molecule has 4 heteroatoms. The van der Waals surface area contributed by atoms with Crippen molar-refractivity contribution < 1.29 is 4.79 Å². The summed E-state index contributed by atoms with van der Waals surface area (Å²) in [6, 6.07) is 20.2. The average Bonchev–Trinajstić information content (AvgIpc) is 3.30. The molecule has 1 N–H and O–H groups in total. The average molecular weight is 386 g/mol. The van der Waals surface area contributed by atoms with Crippen LogP contribution in [0.3, 0.4) is 0 Å². The van der Waals surface area contributed by atoms with Crippen molar-refractivity contribution in [2.24, 2.45) is 5.41 Å². The number of aromatic nitrogens is 2. The lowest BCUT2D eigenvalue weighted by molar-refractivity contribution is 0.0943. The van der Waals surface area contributed by atoms with Crippen LogP contribution < -0.4 is 5.32 Å². The molecule has 1 saturated carbocycles. The summed E-state index contributed by atoms with van der Waals surface area (Å²) in [5, 5.41) is 7.96. The molecule has 2 atom stereocenters. The zero-order chi connectivity index (χ0) is 20.2. The molecule has 1 heterocycles. The number of benzene rings is 2. The maximum Gasteiger partial charge on any atom is 0.272 e. The lowest BCUT2D eigenvalue weighted by atomic mass is 9.70. The predicted octanol–water partition coefficient (Wildman–Crippen LogP) is 4.98. The highest BCUT2D eigenvalue weighted by molar-refractivity contribution is 5.95. The number of nitrogens with zero attached hydrogens (tertiary/aromatic N) is 2. The molecule has 0 spiro atoms. The second-order valence-corrected chi connectivity index (χ2v) is 9.17. The van der Waals surface area contributed by atoms with Gasteiger partial charge in [0.05, 0.1) is 11.4 Å². The van der Waals surface area contributed by atoms with E-state index in [1.54, 1.807) is 0 Å². The Morgan fingerprint density at radius 3 is 2.41 bits per heavy atom. The fourth-order valence-electron chi connectivity index (χ4n) is 5.51. The fourth-order valence-corrected chi connectivity index (χ4v) is 5.51. The first-order chi connectivity index (χ1) is 13.9. The zero-order valence-electron chi connectivity index (χ0n) is 17.3. The van der Waals surface area contributed by atoms with Crippen molar-refractivity contribution in [2.75, 3.05) is 0 Å². The summed E-state index contributed by atoms with van der Waals surface area (Å²) < 4.78 is 2.04. The van der Waals surface area contributed by atoms with Crippen LogP contribution >= 0.6 is 0 Å². The zero-order valence-corrected chi connectivity index (χ0v) is 17.3. The van der Waals surface area contributed by atoms with E-state index in [0.717, 1.165) is 29.7 Å². The van der Waals surface area contributed by atoms with Crippen LogP contribution in [0, 0.1) is 5.41 Å². The van der Waals surface area contributed by atoms with Gasteiger partial charge in [-0.25, -0.2) is 4.68 Å². The summed E-state index contributed by atoms with van der Waals surface area (Å²) >= 11 is 0. The minimum absolute atomic E-state index is 0.0216. The smallest absolute Gasteiger partial charge is 0.272 e. The molecule has 2 aliphatic rings. The Balaban J connectivity index is 1.59. The third kappa shape index (κ3) is 2.51. The highest BCUT2D eigenvalue weighted by Crippen LogP contribution is 2.68. The fraction of sp³-hybridized carbons (Fsp3) is 0.360. The van der Waals surface area contributed by atoms with Gasteiger partial charge in [0.1, 0.15) is 0 Å². The predicted molar refractivity (Wildman–Crippen MR) is 114 cm³/mol. The molecule has 3 aromatic rings. The van der Waals surface area contributed by atoms with Crippen LogP contribution in [-0.4, -0.2) is 15.7 Å². The quantitative estimate of drug-likeness (QED) is 0.689. The number of nitrogens with one attached hydrogen (secondary N) is 1. The Hall–Kier alpha value is -2.88. The number of hydrogen-bond donors (Lipinski definition) is 1. The van der Waals surface area contributed by atoms with E-state index >= 15 is 0 Å². The van der Waals surface area contributed by atoms with E-state index in [4.69, 9.17) is 5.10 Å². The van der Waals surface area contributed by atoms with Crippen LogP contribution in [0.5, 0.6) is 0 Å². The molecule has 2 bridgehead atoms. The highest BCUT2D eigenvalue weighted by Gasteiger charge is 2.63. The van der Waals surface area contributed by atoms with Crippen molar-refractivity contribution in [1.82, 2.24) is 15.1 Å². The first-order valence-corrected chi connectivity index (χ1v) is 10.4. The molecule has 29 heavy (non-hydrogen) atoms. The Bertz CT molecular complexity index is 1070. The first kappa shape index (κ1) is 18.2. The van der Waals surface area contributed by atoms with Gasteiger partial charge in [-0.05, 0) is 41.9 Å². The molecule has 0 saturated heterocycles. The summed E-state index contributed by atoms with van der Waals surface area (Å²) in [7, 11) is 0. The molecule has 0 unspecified atom stereocenters. The second-order valence-electron chi connectivity index (χ2n) is 9.17. The molecule has 148 valence electrons. The minimum Gasteiger partial charge on any atom is -0.347 e. The van der Waals surface area contributed by atoms with E-state index in [1.807, 2.05) is 53.2 Å². The van der Waals surface area contributed by atoms with Crippen LogP contribution in [0.15, 0.2) is 60.7 Å². The number of carbonyl (C=O) groups is 1. The third-order valence-corrected chi connectivity index (χ3v) is 7.53. The van der Waals surface area contributed by atoms with E-state index in [-0.39, 0.29) is 16.7 Å². The number of carbonyl (C=O) groups excluding carboxylic acids is 1. The van der Waals surface area contributed by atoms with E-state index in [9.17, 15) is 4.79 Å². The number of para-hydroxylation sites is 1. The maximum absolute atomic E-state index is 13.2. The topological polar surface area (TPSA) is 46.9 Å². The summed E-state index contributed by atoms with van der Waals surface area (Å²) in [5.74, 6) is 0.296. The van der Waals surface area contributed by atoms with Gasteiger partial charge in [-0.3, -0.25) is 4.79 Å². The molecule has 2 aliphatic carbocycles. The van der Waals surface area contributed by atoms with Crippen LogP contribution in [0.4, 0.5) is 0 Å². The largest absolute Gasteiger partial charge is 0.347 e. The van der Waals surface area contributed by atoms with Crippen LogP contribution in [0.1, 0.15) is 66.8 Å². The van der Waals surface area contributed by atoms with Gasteiger partial charge >= 0.3 is 0 Å². The number of fused-ring (bicyclic) bond motifs is 5. The molecule has 4 nitrogen and oxygen atoms in total. The number of rotatable bonds is 4. The van der Waals surface area contributed by atoms with Gasteiger partial charge in [0.15, 0.2) is 5.69 Å². The Labute approximate surface area is 172 Å².